The number of hydrogen-bond donors (Lipinski definition) is 0. The third kappa shape index (κ3) is 2.67. The van der Waals surface area contributed by atoms with Crippen LogP contribution in [0.2, 0.25) is 0 Å². The van der Waals surface area contributed by atoms with Crippen molar-refractivity contribution in [2.24, 2.45) is 0 Å². The Balaban J connectivity index is 1.65. The van der Waals surface area contributed by atoms with Crippen molar-refractivity contribution >= 4 is 0 Å². The van der Waals surface area contributed by atoms with Crippen molar-refractivity contribution in [3.05, 3.63) is 72.7 Å². The first-order valence-electron chi connectivity index (χ1n) is 7.58. The lowest BCUT2D eigenvalue weighted by Crippen LogP contribution is -1.87. The molecule has 0 aliphatic carbocycles. The zero-order valence-electron chi connectivity index (χ0n) is 13.0. The molecule has 0 bridgehead atoms. The Kier molecular flexibility index (Phi) is 3.59. The number of benzene rings is 1. The van der Waals surface area contributed by atoms with Crippen molar-refractivity contribution in [1.29, 1.82) is 0 Å². The second-order valence-electron chi connectivity index (χ2n) is 5.41. The van der Waals surface area contributed by atoms with Gasteiger partial charge in [0.25, 0.3) is 5.89 Å². The highest BCUT2D eigenvalue weighted by atomic mass is 16.5. The summed E-state index contributed by atoms with van der Waals surface area (Å²) in [4.78, 5) is 13.0. The molecule has 0 atom stereocenters. The standard InChI is InChI=1S/C19H14N4O/c1-13-4-2-3-5-16(13)18-22-19(24-23-18)15-6-7-17(21-12-15)14-8-10-20-11-9-14/h2-12H,1H3. The van der Waals surface area contributed by atoms with Crippen LogP contribution in [0.5, 0.6) is 0 Å². The molecule has 0 N–H and O–H groups in total. The predicted octanol–water partition coefficient (Wildman–Crippen LogP) is 4.17. The molecule has 4 rings (SSSR count). The molecule has 0 spiro atoms. The van der Waals surface area contributed by atoms with Crippen LogP contribution in [0.4, 0.5) is 0 Å². The summed E-state index contributed by atoms with van der Waals surface area (Å²) in [6.45, 7) is 2.02. The number of rotatable bonds is 3. The van der Waals surface area contributed by atoms with E-state index in [1.807, 2.05) is 55.5 Å². The van der Waals surface area contributed by atoms with E-state index in [4.69, 9.17) is 4.52 Å². The maximum atomic E-state index is 5.39. The zero-order valence-corrected chi connectivity index (χ0v) is 13.0. The van der Waals surface area contributed by atoms with Crippen LogP contribution in [0, 0.1) is 6.92 Å². The topological polar surface area (TPSA) is 64.7 Å². The quantitative estimate of drug-likeness (QED) is 0.568. The minimum absolute atomic E-state index is 0.460. The Labute approximate surface area is 139 Å². The highest BCUT2D eigenvalue weighted by Gasteiger charge is 2.12. The molecule has 0 aliphatic heterocycles. The first kappa shape index (κ1) is 14.3. The van der Waals surface area contributed by atoms with Crippen LogP contribution in [-0.2, 0) is 0 Å². The molecule has 3 aromatic heterocycles. The fraction of sp³-hybridized carbons (Fsp3) is 0.0526. The molecule has 1 aromatic carbocycles. The van der Waals surface area contributed by atoms with E-state index in [9.17, 15) is 0 Å². The van der Waals surface area contributed by atoms with E-state index in [-0.39, 0.29) is 0 Å². The number of hydrogen-bond acceptors (Lipinski definition) is 5. The van der Waals surface area contributed by atoms with Crippen molar-refractivity contribution in [2.75, 3.05) is 0 Å². The van der Waals surface area contributed by atoms with Gasteiger partial charge in [0.2, 0.25) is 5.82 Å². The first-order valence-corrected chi connectivity index (χ1v) is 7.58. The van der Waals surface area contributed by atoms with Gasteiger partial charge in [-0.3, -0.25) is 9.97 Å². The van der Waals surface area contributed by atoms with Crippen molar-refractivity contribution in [2.45, 2.75) is 6.92 Å². The SMILES string of the molecule is Cc1ccccc1-c1noc(-c2ccc(-c3ccncc3)nc2)n1. The van der Waals surface area contributed by atoms with Gasteiger partial charge >= 0.3 is 0 Å². The molecule has 3 heterocycles. The number of aromatic nitrogens is 4. The van der Waals surface area contributed by atoms with Crippen LogP contribution < -0.4 is 0 Å². The lowest BCUT2D eigenvalue weighted by atomic mass is 10.1. The van der Waals surface area contributed by atoms with Gasteiger partial charge in [-0.1, -0.05) is 29.4 Å². The normalized spacial score (nSPS) is 10.7. The molecule has 5 heteroatoms. The van der Waals surface area contributed by atoms with E-state index in [0.717, 1.165) is 27.9 Å². The van der Waals surface area contributed by atoms with E-state index in [2.05, 4.69) is 20.1 Å². The van der Waals surface area contributed by atoms with Crippen molar-refractivity contribution < 1.29 is 4.52 Å². The average Bonchev–Trinajstić information content (AvgIpc) is 3.13. The second-order valence-corrected chi connectivity index (χ2v) is 5.41. The summed E-state index contributed by atoms with van der Waals surface area (Å²) in [5.41, 5.74) is 4.76. The summed E-state index contributed by atoms with van der Waals surface area (Å²) in [5.74, 6) is 1.04. The number of aryl methyl sites for hydroxylation is 1. The maximum Gasteiger partial charge on any atom is 0.259 e. The summed E-state index contributed by atoms with van der Waals surface area (Å²) < 4.78 is 5.39. The number of pyridine rings is 2. The minimum Gasteiger partial charge on any atom is -0.334 e. The third-order valence-corrected chi connectivity index (χ3v) is 3.80. The van der Waals surface area contributed by atoms with Crippen LogP contribution >= 0.6 is 0 Å². The molecule has 24 heavy (non-hydrogen) atoms. The fourth-order valence-corrected chi connectivity index (χ4v) is 2.49. The van der Waals surface area contributed by atoms with Gasteiger partial charge in [0.15, 0.2) is 0 Å². The maximum absolute atomic E-state index is 5.39. The Morgan fingerprint density at radius 3 is 2.46 bits per heavy atom. The van der Waals surface area contributed by atoms with Crippen LogP contribution in [0.25, 0.3) is 34.1 Å². The Hall–Kier alpha value is -3.34. The third-order valence-electron chi connectivity index (χ3n) is 3.80. The number of nitrogens with zero attached hydrogens (tertiary/aromatic N) is 4. The summed E-state index contributed by atoms with van der Waals surface area (Å²) >= 11 is 0. The van der Waals surface area contributed by atoms with E-state index in [1.165, 1.54) is 0 Å². The van der Waals surface area contributed by atoms with Crippen molar-refractivity contribution in [3.8, 4) is 34.1 Å². The molecule has 0 amide bonds. The smallest absolute Gasteiger partial charge is 0.259 e. The summed E-state index contributed by atoms with van der Waals surface area (Å²) in [5, 5.41) is 4.08. The summed E-state index contributed by atoms with van der Waals surface area (Å²) in [7, 11) is 0. The van der Waals surface area contributed by atoms with Gasteiger partial charge < -0.3 is 4.52 Å². The Morgan fingerprint density at radius 2 is 1.71 bits per heavy atom. The predicted molar refractivity (Wildman–Crippen MR) is 90.9 cm³/mol. The Bertz CT molecular complexity index is 962. The zero-order chi connectivity index (χ0) is 16.4. The van der Waals surface area contributed by atoms with Gasteiger partial charge in [-0.2, -0.15) is 4.98 Å². The van der Waals surface area contributed by atoms with Crippen LogP contribution in [-0.4, -0.2) is 20.1 Å². The molecule has 4 aromatic rings. The molecule has 0 unspecified atom stereocenters. The summed E-state index contributed by atoms with van der Waals surface area (Å²) in [6, 6.07) is 15.7. The van der Waals surface area contributed by atoms with Gasteiger partial charge in [0.05, 0.1) is 11.3 Å². The van der Waals surface area contributed by atoms with Crippen LogP contribution in [0.3, 0.4) is 0 Å². The molecular formula is C19H14N4O. The van der Waals surface area contributed by atoms with Gasteiger partial charge in [0.1, 0.15) is 0 Å². The largest absolute Gasteiger partial charge is 0.334 e. The summed E-state index contributed by atoms with van der Waals surface area (Å²) in [6.07, 6.45) is 5.24. The fourth-order valence-electron chi connectivity index (χ4n) is 2.49. The molecule has 0 aliphatic rings. The highest BCUT2D eigenvalue weighted by molar-refractivity contribution is 5.64. The van der Waals surface area contributed by atoms with E-state index < -0.39 is 0 Å². The van der Waals surface area contributed by atoms with Crippen molar-refractivity contribution in [3.63, 3.8) is 0 Å². The minimum atomic E-state index is 0.460. The highest BCUT2D eigenvalue weighted by Crippen LogP contribution is 2.25. The first-order chi connectivity index (χ1) is 11.8. The average molecular weight is 314 g/mol. The van der Waals surface area contributed by atoms with E-state index in [0.29, 0.717) is 11.7 Å². The van der Waals surface area contributed by atoms with E-state index in [1.54, 1.807) is 18.6 Å². The van der Waals surface area contributed by atoms with Gasteiger partial charge in [-0.15, -0.1) is 0 Å². The van der Waals surface area contributed by atoms with Crippen LogP contribution in [0.15, 0.2) is 71.6 Å². The second kappa shape index (κ2) is 6.04. The lowest BCUT2D eigenvalue weighted by molar-refractivity contribution is 0.432. The van der Waals surface area contributed by atoms with E-state index >= 15 is 0 Å². The van der Waals surface area contributed by atoms with Gasteiger partial charge in [0, 0.05) is 29.7 Å². The Morgan fingerprint density at radius 1 is 0.875 bits per heavy atom. The molecule has 5 nitrogen and oxygen atoms in total. The lowest BCUT2D eigenvalue weighted by Gasteiger charge is -2.00. The van der Waals surface area contributed by atoms with Gasteiger partial charge in [-0.25, -0.2) is 0 Å². The molecule has 0 fully saturated rings. The molecule has 116 valence electrons. The van der Waals surface area contributed by atoms with Gasteiger partial charge in [-0.05, 0) is 36.8 Å². The van der Waals surface area contributed by atoms with Crippen molar-refractivity contribution in [1.82, 2.24) is 20.1 Å². The molecule has 0 radical (unpaired) electrons. The monoisotopic (exact) mass is 314 g/mol. The molecule has 0 saturated carbocycles. The van der Waals surface area contributed by atoms with Crippen LogP contribution in [0.1, 0.15) is 5.56 Å². The molecule has 0 saturated heterocycles. The molecular weight excluding hydrogens is 300 g/mol.